The largest absolute Gasteiger partial charge is 0.508 e. The Morgan fingerprint density at radius 2 is 2.20 bits per heavy atom. The molecule has 4 heteroatoms. The number of aromatic hydroxyl groups is 1. The van der Waals surface area contributed by atoms with Gasteiger partial charge in [-0.3, -0.25) is 9.69 Å². The van der Waals surface area contributed by atoms with Crippen molar-refractivity contribution in [3.8, 4) is 5.75 Å². The highest BCUT2D eigenvalue weighted by atomic mass is 16.3. The van der Waals surface area contributed by atoms with Crippen molar-refractivity contribution in [2.45, 2.75) is 44.2 Å². The number of nitrogens with zero attached hydrogens (tertiary/aromatic N) is 1. The van der Waals surface area contributed by atoms with Crippen molar-refractivity contribution in [1.82, 2.24) is 10.2 Å². The van der Waals surface area contributed by atoms with E-state index in [1.165, 1.54) is 11.1 Å². The molecule has 1 aliphatic carbocycles. The number of rotatable bonds is 2. The van der Waals surface area contributed by atoms with Crippen molar-refractivity contribution >= 4 is 5.91 Å². The highest BCUT2D eigenvalue weighted by molar-refractivity contribution is 5.81. The summed E-state index contributed by atoms with van der Waals surface area (Å²) in [6.45, 7) is 0.989. The number of likely N-dealkylation sites (tertiary alicyclic amines) is 1. The van der Waals surface area contributed by atoms with Crippen LogP contribution in [-0.2, 0) is 11.2 Å². The van der Waals surface area contributed by atoms with E-state index in [4.69, 9.17) is 0 Å². The maximum Gasteiger partial charge on any atom is 0.237 e. The Hall–Kier alpha value is -1.55. The van der Waals surface area contributed by atoms with Crippen LogP contribution in [0.3, 0.4) is 0 Å². The minimum Gasteiger partial charge on any atom is -0.508 e. The third-order valence-corrected chi connectivity index (χ3v) is 4.65. The van der Waals surface area contributed by atoms with E-state index < -0.39 is 0 Å². The molecule has 2 aliphatic rings. The fraction of sp³-hybridized carbons (Fsp3) is 0.562. The Labute approximate surface area is 119 Å². The maximum atomic E-state index is 12.0. The SMILES string of the molecule is CNC(=O)C1CCCN1C1CCCc2cc(O)ccc21. The molecule has 2 N–H and O–H groups in total. The molecule has 1 saturated heterocycles. The lowest BCUT2D eigenvalue weighted by atomic mass is 9.86. The van der Waals surface area contributed by atoms with E-state index >= 15 is 0 Å². The topological polar surface area (TPSA) is 52.6 Å². The lowest BCUT2D eigenvalue weighted by Gasteiger charge is -2.36. The number of carbonyl (C=O) groups is 1. The lowest BCUT2D eigenvalue weighted by Crippen LogP contribution is -2.44. The van der Waals surface area contributed by atoms with Gasteiger partial charge in [-0.25, -0.2) is 0 Å². The van der Waals surface area contributed by atoms with Crippen LogP contribution in [0.1, 0.15) is 42.9 Å². The number of amides is 1. The van der Waals surface area contributed by atoms with Crippen LogP contribution in [0.5, 0.6) is 5.75 Å². The van der Waals surface area contributed by atoms with Gasteiger partial charge in [-0.1, -0.05) is 6.07 Å². The first-order valence-electron chi connectivity index (χ1n) is 7.50. The van der Waals surface area contributed by atoms with Gasteiger partial charge in [0.15, 0.2) is 0 Å². The van der Waals surface area contributed by atoms with E-state index in [0.717, 1.165) is 38.6 Å². The van der Waals surface area contributed by atoms with Gasteiger partial charge in [-0.15, -0.1) is 0 Å². The first kappa shape index (κ1) is 13.4. The molecular formula is C16H22N2O2. The molecule has 3 rings (SSSR count). The Kier molecular flexibility index (Phi) is 3.66. The normalized spacial score (nSPS) is 26.2. The van der Waals surface area contributed by atoms with E-state index in [1.807, 2.05) is 12.1 Å². The zero-order chi connectivity index (χ0) is 14.1. The minimum absolute atomic E-state index is 0.00440. The van der Waals surface area contributed by atoms with Crippen LogP contribution in [0.25, 0.3) is 0 Å². The fourth-order valence-corrected chi connectivity index (χ4v) is 3.73. The van der Waals surface area contributed by atoms with Crippen LogP contribution in [0, 0.1) is 0 Å². The van der Waals surface area contributed by atoms with Crippen molar-refractivity contribution in [3.05, 3.63) is 29.3 Å². The van der Waals surface area contributed by atoms with Crippen molar-refractivity contribution in [2.75, 3.05) is 13.6 Å². The van der Waals surface area contributed by atoms with Gasteiger partial charge in [0, 0.05) is 13.1 Å². The Morgan fingerprint density at radius 1 is 1.35 bits per heavy atom. The number of aryl methyl sites for hydroxylation is 1. The summed E-state index contributed by atoms with van der Waals surface area (Å²) in [6.07, 6.45) is 5.29. The number of likely N-dealkylation sites (N-methyl/N-ethyl adjacent to an activating group) is 1. The zero-order valence-electron chi connectivity index (χ0n) is 11.9. The first-order chi connectivity index (χ1) is 9.70. The molecule has 0 bridgehead atoms. The monoisotopic (exact) mass is 274 g/mol. The van der Waals surface area contributed by atoms with Crippen molar-refractivity contribution < 1.29 is 9.90 Å². The molecule has 1 amide bonds. The quantitative estimate of drug-likeness (QED) is 0.867. The highest BCUT2D eigenvalue weighted by Crippen LogP contribution is 2.39. The number of nitrogens with one attached hydrogen (secondary N) is 1. The molecule has 0 saturated carbocycles. The van der Waals surface area contributed by atoms with E-state index in [1.54, 1.807) is 13.1 Å². The first-order valence-corrected chi connectivity index (χ1v) is 7.50. The number of hydrogen-bond acceptors (Lipinski definition) is 3. The van der Waals surface area contributed by atoms with Crippen LogP contribution < -0.4 is 5.32 Å². The van der Waals surface area contributed by atoms with Gasteiger partial charge in [-0.05, 0) is 61.9 Å². The molecule has 108 valence electrons. The van der Waals surface area contributed by atoms with Gasteiger partial charge < -0.3 is 10.4 Å². The van der Waals surface area contributed by atoms with E-state index in [2.05, 4.69) is 10.2 Å². The predicted molar refractivity (Wildman–Crippen MR) is 77.6 cm³/mol. The minimum atomic E-state index is 0.00440. The lowest BCUT2D eigenvalue weighted by molar-refractivity contribution is -0.125. The van der Waals surface area contributed by atoms with Crippen LogP contribution >= 0.6 is 0 Å². The molecule has 20 heavy (non-hydrogen) atoms. The van der Waals surface area contributed by atoms with E-state index in [9.17, 15) is 9.90 Å². The smallest absolute Gasteiger partial charge is 0.237 e. The number of phenols is 1. The highest BCUT2D eigenvalue weighted by Gasteiger charge is 2.37. The summed E-state index contributed by atoms with van der Waals surface area (Å²) >= 11 is 0. The molecule has 0 radical (unpaired) electrons. The summed E-state index contributed by atoms with van der Waals surface area (Å²) in [5.41, 5.74) is 2.54. The maximum absolute atomic E-state index is 12.0. The van der Waals surface area contributed by atoms with Gasteiger partial charge >= 0.3 is 0 Å². The summed E-state index contributed by atoms with van der Waals surface area (Å²) in [4.78, 5) is 14.4. The third-order valence-electron chi connectivity index (χ3n) is 4.65. The molecule has 1 fully saturated rings. The van der Waals surface area contributed by atoms with Crippen LogP contribution in [-0.4, -0.2) is 35.5 Å². The fourth-order valence-electron chi connectivity index (χ4n) is 3.73. The standard InChI is InChI=1S/C16H22N2O2/c1-17-16(20)15-6-3-9-18(15)14-5-2-4-11-10-12(19)7-8-13(11)14/h7-8,10,14-15,19H,2-6,9H2,1H3,(H,17,20). The van der Waals surface area contributed by atoms with E-state index in [0.29, 0.717) is 11.8 Å². The number of benzene rings is 1. The van der Waals surface area contributed by atoms with Crippen LogP contribution in [0.4, 0.5) is 0 Å². The predicted octanol–water partition coefficient (Wildman–Crippen LogP) is 1.98. The Bertz CT molecular complexity index is 515. The number of hydrogen-bond donors (Lipinski definition) is 2. The molecule has 1 aromatic rings. The summed E-state index contributed by atoms with van der Waals surface area (Å²) in [7, 11) is 1.71. The molecule has 2 unspecified atom stereocenters. The molecule has 0 spiro atoms. The van der Waals surface area contributed by atoms with Gasteiger partial charge in [0.1, 0.15) is 5.75 Å². The second-order valence-electron chi connectivity index (χ2n) is 5.80. The molecule has 1 heterocycles. The van der Waals surface area contributed by atoms with Gasteiger partial charge in [0.05, 0.1) is 6.04 Å². The summed E-state index contributed by atoms with van der Waals surface area (Å²) < 4.78 is 0. The van der Waals surface area contributed by atoms with E-state index in [-0.39, 0.29) is 11.9 Å². The zero-order valence-corrected chi connectivity index (χ0v) is 11.9. The second kappa shape index (κ2) is 5.44. The number of carbonyl (C=O) groups excluding carboxylic acids is 1. The number of phenolic OH excluding ortho intramolecular Hbond substituents is 1. The third kappa shape index (κ3) is 2.29. The van der Waals surface area contributed by atoms with Gasteiger partial charge in [-0.2, -0.15) is 0 Å². The molecule has 4 nitrogen and oxygen atoms in total. The Morgan fingerprint density at radius 3 is 3.00 bits per heavy atom. The average Bonchev–Trinajstić information content (AvgIpc) is 2.94. The number of fused-ring (bicyclic) bond motifs is 1. The van der Waals surface area contributed by atoms with Crippen LogP contribution in [0.2, 0.25) is 0 Å². The second-order valence-corrected chi connectivity index (χ2v) is 5.80. The van der Waals surface area contributed by atoms with Crippen molar-refractivity contribution in [2.24, 2.45) is 0 Å². The Balaban J connectivity index is 1.90. The molecule has 0 aromatic heterocycles. The molecule has 2 atom stereocenters. The van der Waals surface area contributed by atoms with Crippen LogP contribution in [0.15, 0.2) is 18.2 Å². The van der Waals surface area contributed by atoms with Gasteiger partial charge in [0.2, 0.25) is 5.91 Å². The summed E-state index contributed by atoms with van der Waals surface area (Å²) in [5.74, 6) is 0.474. The molecule has 1 aliphatic heterocycles. The summed E-state index contributed by atoms with van der Waals surface area (Å²) in [5, 5.41) is 12.4. The molecule has 1 aromatic carbocycles. The summed E-state index contributed by atoms with van der Waals surface area (Å²) in [6, 6.07) is 6.01. The van der Waals surface area contributed by atoms with Gasteiger partial charge in [0.25, 0.3) is 0 Å². The molecular weight excluding hydrogens is 252 g/mol. The average molecular weight is 274 g/mol. The van der Waals surface area contributed by atoms with Crippen molar-refractivity contribution in [1.29, 1.82) is 0 Å². The van der Waals surface area contributed by atoms with Crippen molar-refractivity contribution in [3.63, 3.8) is 0 Å².